The molecule has 0 aliphatic carbocycles. The van der Waals surface area contributed by atoms with E-state index in [1.165, 1.54) is 0 Å². The third-order valence-corrected chi connectivity index (χ3v) is 3.80. The van der Waals surface area contributed by atoms with Gasteiger partial charge in [-0.15, -0.1) is 0 Å². The fourth-order valence-electron chi connectivity index (χ4n) is 3.01. The van der Waals surface area contributed by atoms with Gasteiger partial charge in [-0.25, -0.2) is 0 Å². The Morgan fingerprint density at radius 3 is 2.26 bits per heavy atom. The van der Waals surface area contributed by atoms with Gasteiger partial charge in [0.25, 0.3) is 0 Å². The van der Waals surface area contributed by atoms with E-state index in [-0.39, 0.29) is 5.43 Å². The van der Waals surface area contributed by atoms with Crippen LogP contribution in [0.5, 0.6) is 0 Å². The van der Waals surface area contributed by atoms with Crippen LogP contribution in [0.3, 0.4) is 0 Å². The molecule has 0 bridgehead atoms. The molecule has 90 valence electrons. The SMILES string of the molecule is Cc1cc2ccc3cccc4c(=O)c(=O)c(c1)c2c34. The predicted octanol–water partition coefficient (Wildman–Crippen LogP) is 3.05. The van der Waals surface area contributed by atoms with Crippen LogP contribution < -0.4 is 10.9 Å². The van der Waals surface area contributed by atoms with Gasteiger partial charge in [0.15, 0.2) is 0 Å². The van der Waals surface area contributed by atoms with Gasteiger partial charge in [-0.1, -0.05) is 36.4 Å². The molecule has 4 rings (SSSR count). The van der Waals surface area contributed by atoms with E-state index in [9.17, 15) is 9.59 Å². The fraction of sp³-hybridized carbons (Fsp3) is 0.0588. The molecule has 0 atom stereocenters. The van der Waals surface area contributed by atoms with Crippen molar-refractivity contribution in [2.24, 2.45) is 0 Å². The molecule has 0 aliphatic heterocycles. The average molecular weight is 246 g/mol. The van der Waals surface area contributed by atoms with Gasteiger partial charge in [0.05, 0.1) is 0 Å². The van der Waals surface area contributed by atoms with Crippen molar-refractivity contribution in [1.82, 2.24) is 0 Å². The van der Waals surface area contributed by atoms with Crippen molar-refractivity contribution in [1.29, 1.82) is 0 Å². The first-order valence-electron chi connectivity index (χ1n) is 6.22. The summed E-state index contributed by atoms with van der Waals surface area (Å²) in [6.07, 6.45) is 0. The van der Waals surface area contributed by atoms with Gasteiger partial charge in [0.2, 0.25) is 10.9 Å². The molecule has 4 aromatic carbocycles. The molecule has 0 amide bonds. The molecule has 0 heterocycles. The number of aryl methyl sites for hydroxylation is 1. The highest BCUT2D eigenvalue weighted by Crippen LogP contribution is 2.31. The van der Waals surface area contributed by atoms with Gasteiger partial charge in [-0.3, -0.25) is 9.59 Å². The minimum absolute atomic E-state index is 0.389. The quantitative estimate of drug-likeness (QED) is 0.353. The molecule has 0 saturated heterocycles. The van der Waals surface area contributed by atoms with E-state index in [1.54, 1.807) is 6.07 Å². The first kappa shape index (κ1) is 10.4. The molecule has 2 heteroatoms. The summed E-state index contributed by atoms with van der Waals surface area (Å²) in [5.74, 6) is 0. The smallest absolute Gasteiger partial charge is 0.234 e. The summed E-state index contributed by atoms with van der Waals surface area (Å²) in [5, 5.41) is 4.95. The van der Waals surface area contributed by atoms with Crippen LogP contribution in [0.1, 0.15) is 5.56 Å². The van der Waals surface area contributed by atoms with Crippen LogP contribution in [-0.2, 0) is 0 Å². The first-order chi connectivity index (χ1) is 9.16. The second-order valence-corrected chi connectivity index (χ2v) is 5.04. The van der Waals surface area contributed by atoms with Crippen molar-refractivity contribution >= 4 is 32.3 Å². The van der Waals surface area contributed by atoms with E-state index in [4.69, 9.17) is 0 Å². The monoisotopic (exact) mass is 246 g/mol. The van der Waals surface area contributed by atoms with E-state index in [1.807, 2.05) is 37.3 Å². The van der Waals surface area contributed by atoms with E-state index >= 15 is 0 Å². The summed E-state index contributed by atoms with van der Waals surface area (Å²) in [5.41, 5.74) is 0.221. The predicted molar refractivity (Wildman–Crippen MR) is 78.6 cm³/mol. The lowest BCUT2D eigenvalue weighted by atomic mass is 9.92. The molecule has 0 radical (unpaired) electrons. The van der Waals surface area contributed by atoms with Crippen LogP contribution in [0, 0.1) is 6.92 Å². The Morgan fingerprint density at radius 1 is 0.737 bits per heavy atom. The largest absolute Gasteiger partial charge is 0.285 e. The molecular formula is C17H10O2. The van der Waals surface area contributed by atoms with Crippen LogP contribution in [0.2, 0.25) is 0 Å². The standard InChI is InChI=1S/C17H10O2/c1-9-7-11-6-5-10-3-2-4-12-14(10)15(11)13(8-9)17(19)16(12)18/h2-8H,1H3. The highest BCUT2D eigenvalue weighted by molar-refractivity contribution is 6.22. The fourth-order valence-corrected chi connectivity index (χ4v) is 3.01. The third-order valence-electron chi connectivity index (χ3n) is 3.80. The molecule has 0 fully saturated rings. The van der Waals surface area contributed by atoms with Gasteiger partial charge in [-0.05, 0) is 29.3 Å². The Labute approximate surface area is 108 Å². The zero-order chi connectivity index (χ0) is 13.1. The lowest BCUT2D eigenvalue weighted by Gasteiger charge is -2.09. The molecule has 0 N–H and O–H groups in total. The highest BCUT2D eigenvalue weighted by atomic mass is 16.2. The summed E-state index contributed by atoms with van der Waals surface area (Å²) in [6.45, 7) is 1.94. The number of hydrogen-bond donors (Lipinski definition) is 0. The van der Waals surface area contributed by atoms with Crippen molar-refractivity contribution < 1.29 is 0 Å². The molecule has 0 saturated carbocycles. The molecule has 2 nitrogen and oxygen atoms in total. The van der Waals surface area contributed by atoms with Gasteiger partial charge in [-0.2, -0.15) is 0 Å². The third kappa shape index (κ3) is 1.21. The number of hydrogen-bond acceptors (Lipinski definition) is 2. The normalized spacial score (nSPS) is 11.8. The Balaban J connectivity index is 2.58. The van der Waals surface area contributed by atoms with Crippen molar-refractivity contribution in [2.75, 3.05) is 0 Å². The van der Waals surface area contributed by atoms with Crippen LogP contribution >= 0.6 is 0 Å². The van der Waals surface area contributed by atoms with Crippen molar-refractivity contribution in [3.63, 3.8) is 0 Å². The average Bonchev–Trinajstić information content (AvgIpc) is 2.42. The Hall–Kier alpha value is -2.48. The molecule has 0 unspecified atom stereocenters. The maximum Gasteiger partial charge on any atom is 0.234 e. The van der Waals surface area contributed by atoms with Crippen molar-refractivity contribution in [2.45, 2.75) is 6.92 Å². The number of rotatable bonds is 0. The van der Waals surface area contributed by atoms with E-state index in [0.29, 0.717) is 10.8 Å². The van der Waals surface area contributed by atoms with E-state index in [2.05, 4.69) is 6.07 Å². The van der Waals surface area contributed by atoms with Crippen molar-refractivity contribution in [3.8, 4) is 0 Å². The molecule has 0 spiro atoms. The Bertz CT molecular complexity index is 1050. The number of benzene rings is 4. The van der Waals surface area contributed by atoms with Crippen molar-refractivity contribution in [3.05, 3.63) is 68.5 Å². The first-order valence-corrected chi connectivity index (χ1v) is 6.22. The minimum atomic E-state index is -0.392. The minimum Gasteiger partial charge on any atom is -0.285 e. The topological polar surface area (TPSA) is 34.1 Å². The zero-order valence-electron chi connectivity index (χ0n) is 10.4. The van der Waals surface area contributed by atoms with Gasteiger partial charge in [0, 0.05) is 21.5 Å². The molecule has 0 aromatic heterocycles. The van der Waals surface area contributed by atoms with Crippen LogP contribution in [0.4, 0.5) is 0 Å². The highest BCUT2D eigenvalue weighted by Gasteiger charge is 2.14. The summed E-state index contributed by atoms with van der Waals surface area (Å²) in [4.78, 5) is 24.5. The van der Waals surface area contributed by atoms with Crippen LogP contribution in [0.15, 0.2) is 52.1 Å². The maximum absolute atomic E-state index is 12.2. The Morgan fingerprint density at radius 2 is 1.42 bits per heavy atom. The molecule has 4 aromatic rings. The molecule has 19 heavy (non-hydrogen) atoms. The van der Waals surface area contributed by atoms with E-state index < -0.39 is 5.43 Å². The Kier molecular flexibility index (Phi) is 1.81. The van der Waals surface area contributed by atoms with Crippen LogP contribution in [-0.4, -0.2) is 0 Å². The lowest BCUT2D eigenvalue weighted by Crippen LogP contribution is -2.24. The molecule has 0 aliphatic rings. The van der Waals surface area contributed by atoms with Gasteiger partial charge < -0.3 is 0 Å². The molecular weight excluding hydrogens is 236 g/mol. The van der Waals surface area contributed by atoms with Gasteiger partial charge in [0.1, 0.15) is 0 Å². The van der Waals surface area contributed by atoms with E-state index in [0.717, 1.165) is 27.1 Å². The maximum atomic E-state index is 12.2. The second-order valence-electron chi connectivity index (χ2n) is 5.04. The lowest BCUT2D eigenvalue weighted by molar-refractivity contribution is 1.50. The second kappa shape index (κ2) is 3.29. The van der Waals surface area contributed by atoms with Gasteiger partial charge >= 0.3 is 0 Å². The summed E-state index contributed by atoms with van der Waals surface area (Å²) in [6, 6.07) is 13.4. The summed E-state index contributed by atoms with van der Waals surface area (Å²) in [7, 11) is 0. The summed E-state index contributed by atoms with van der Waals surface area (Å²) < 4.78 is 0. The zero-order valence-corrected chi connectivity index (χ0v) is 10.4. The van der Waals surface area contributed by atoms with Crippen LogP contribution in [0.25, 0.3) is 32.3 Å². The summed E-state index contributed by atoms with van der Waals surface area (Å²) >= 11 is 0.